The molecule has 4 nitrogen and oxygen atoms in total. The first kappa shape index (κ1) is 7.94. The third-order valence-corrected chi connectivity index (χ3v) is 1.80. The Balaban J connectivity index is 2.46. The molecule has 4 N–H and O–H groups in total. The highest BCUT2D eigenvalue weighted by Crippen LogP contribution is 2.16. The molecule has 0 saturated carbocycles. The average molecular weight is 147 g/mol. The molecule has 0 aromatic carbocycles. The summed E-state index contributed by atoms with van der Waals surface area (Å²) in [6, 6.07) is -0.168. The summed E-state index contributed by atoms with van der Waals surface area (Å²) in [5.41, 5.74) is 5.53. The third-order valence-electron chi connectivity index (χ3n) is 1.80. The van der Waals surface area contributed by atoms with Crippen molar-refractivity contribution < 1.29 is 14.9 Å². The fraction of sp³-hybridized carbons (Fsp3) is 1.00. The zero-order valence-electron chi connectivity index (χ0n) is 5.90. The van der Waals surface area contributed by atoms with Crippen LogP contribution in [0.2, 0.25) is 0 Å². The van der Waals surface area contributed by atoms with Gasteiger partial charge in [0.1, 0.15) is 6.10 Å². The van der Waals surface area contributed by atoms with Crippen LogP contribution >= 0.6 is 0 Å². The number of ether oxygens (including phenoxy) is 1. The molecule has 0 aromatic rings. The van der Waals surface area contributed by atoms with Crippen molar-refractivity contribution in [2.45, 2.75) is 37.9 Å². The van der Waals surface area contributed by atoms with E-state index in [9.17, 15) is 0 Å². The van der Waals surface area contributed by atoms with Crippen LogP contribution in [-0.2, 0) is 4.74 Å². The standard InChI is InChI=1S/C6H13NO3/c1-3-4(7)2-5(8)6(9)10-3/h3-6,8-9H,2,7H2,1H3/t3-,4+,5-,6+/m1/s1. The van der Waals surface area contributed by atoms with E-state index in [0.717, 1.165) is 0 Å². The number of hydrogen-bond acceptors (Lipinski definition) is 4. The van der Waals surface area contributed by atoms with Gasteiger partial charge in [-0.15, -0.1) is 0 Å². The molecule has 1 saturated heterocycles. The minimum atomic E-state index is -1.06. The van der Waals surface area contributed by atoms with Crippen LogP contribution < -0.4 is 5.73 Å². The molecule has 4 heteroatoms. The summed E-state index contributed by atoms with van der Waals surface area (Å²) < 4.78 is 4.89. The lowest BCUT2D eigenvalue weighted by Gasteiger charge is -2.33. The Hall–Kier alpha value is -0.160. The Morgan fingerprint density at radius 1 is 1.50 bits per heavy atom. The molecule has 0 aliphatic carbocycles. The molecule has 0 amide bonds. The summed E-state index contributed by atoms with van der Waals surface area (Å²) in [6.07, 6.45) is -1.65. The maximum atomic E-state index is 9.01. The van der Waals surface area contributed by atoms with Crippen LogP contribution in [0.4, 0.5) is 0 Å². The Morgan fingerprint density at radius 2 is 2.10 bits per heavy atom. The molecule has 0 radical (unpaired) electrons. The summed E-state index contributed by atoms with van der Waals surface area (Å²) in [5, 5.41) is 17.9. The Labute approximate surface area is 59.6 Å². The molecule has 1 fully saturated rings. The van der Waals surface area contributed by atoms with Crippen LogP contribution in [0, 0.1) is 0 Å². The van der Waals surface area contributed by atoms with Crippen molar-refractivity contribution in [3.63, 3.8) is 0 Å². The lowest BCUT2D eigenvalue weighted by atomic mass is 10.0. The maximum Gasteiger partial charge on any atom is 0.181 e. The second-order valence-electron chi connectivity index (χ2n) is 2.70. The van der Waals surface area contributed by atoms with Crippen LogP contribution in [-0.4, -0.2) is 34.8 Å². The van der Waals surface area contributed by atoms with Crippen LogP contribution in [0.15, 0.2) is 0 Å². The van der Waals surface area contributed by atoms with E-state index < -0.39 is 12.4 Å². The van der Waals surface area contributed by atoms with Crippen molar-refractivity contribution in [3.05, 3.63) is 0 Å². The van der Waals surface area contributed by atoms with Gasteiger partial charge in [0.2, 0.25) is 0 Å². The number of aliphatic hydroxyl groups excluding tert-OH is 2. The highest BCUT2D eigenvalue weighted by atomic mass is 16.6. The van der Waals surface area contributed by atoms with Crippen molar-refractivity contribution >= 4 is 0 Å². The van der Waals surface area contributed by atoms with Crippen molar-refractivity contribution in [2.75, 3.05) is 0 Å². The number of rotatable bonds is 0. The van der Waals surface area contributed by atoms with Gasteiger partial charge < -0.3 is 20.7 Å². The fourth-order valence-corrected chi connectivity index (χ4v) is 0.998. The molecule has 4 atom stereocenters. The SMILES string of the molecule is C[C@H]1O[C@H](O)[C@H](O)C[C@@H]1N. The molecule has 0 aromatic heterocycles. The summed E-state index contributed by atoms with van der Waals surface area (Å²) in [7, 11) is 0. The van der Waals surface area contributed by atoms with E-state index in [1.165, 1.54) is 0 Å². The summed E-state index contributed by atoms with van der Waals surface area (Å²) in [4.78, 5) is 0. The van der Waals surface area contributed by atoms with Gasteiger partial charge in [-0.2, -0.15) is 0 Å². The number of aliphatic hydroxyl groups is 2. The van der Waals surface area contributed by atoms with Gasteiger partial charge in [0, 0.05) is 6.04 Å². The van der Waals surface area contributed by atoms with Crippen LogP contribution in [0.5, 0.6) is 0 Å². The Morgan fingerprint density at radius 3 is 2.60 bits per heavy atom. The smallest absolute Gasteiger partial charge is 0.181 e. The molecular weight excluding hydrogens is 134 g/mol. The molecule has 1 aliphatic rings. The Kier molecular flexibility index (Phi) is 2.25. The minimum absolute atomic E-state index is 0.168. The van der Waals surface area contributed by atoms with Gasteiger partial charge in [-0.3, -0.25) is 0 Å². The second-order valence-corrected chi connectivity index (χ2v) is 2.70. The van der Waals surface area contributed by atoms with Crippen molar-refractivity contribution in [1.82, 2.24) is 0 Å². The van der Waals surface area contributed by atoms with Crippen LogP contribution in [0.25, 0.3) is 0 Å². The molecule has 10 heavy (non-hydrogen) atoms. The highest BCUT2D eigenvalue weighted by molar-refractivity contribution is 4.80. The summed E-state index contributed by atoms with van der Waals surface area (Å²) in [5.74, 6) is 0. The van der Waals surface area contributed by atoms with Crippen LogP contribution in [0.3, 0.4) is 0 Å². The quantitative estimate of drug-likeness (QED) is 0.402. The molecule has 0 bridgehead atoms. The van der Waals surface area contributed by atoms with E-state index >= 15 is 0 Å². The van der Waals surface area contributed by atoms with E-state index in [1.807, 2.05) is 0 Å². The van der Waals surface area contributed by atoms with E-state index in [2.05, 4.69) is 0 Å². The van der Waals surface area contributed by atoms with Crippen LogP contribution in [0.1, 0.15) is 13.3 Å². The van der Waals surface area contributed by atoms with Gasteiger partial charge in [0.05, 0.1) is 6.10 Å². The van der Waals surface area contributed by atoms with Gasteiger partial charge in [-0.05, 0) is 13.3 Å². The first-order valence-electron chi connectivity index (χ1n) is 3.38. The van der Waals surface area contributed by atoms with Gasteiger partial charge >= 0.3 is 0 Å². The van der Waals surface area contributed by atoms with E-state index in [1.54, 1.807) is 6.92 Å². The molecule has 60 valence electrons. The predicted molar refractivity (Wildman–Crippen MR) is 35.2 cm³/mol. The highest BCUT2D eigenvalue weighted by Gasteiger charge is 2.31. The van der Waals surface area contributed by atoms with E-state index in [-0.39, 0.29) is 12.1 Å². The topological polar surface area (TPSA) is 75.7 Å². The summed E-state index contributed by atoms with van der Waals surface area (Å²) in [6.45, 7) is 1.78. The van der Waals surface area contributed by atoms with Gasteiger partial charge in [-0.25, -0.2) is 0 Å². The predicted octanol–water partition coefficient (Wildman–Crippen LogP) is -1.20. The average Bonchev–Trinajstić information content (AvgIpc) is 1.84. The van der Waals surface area contributed by atoms with Gasteiger partial charge in [0.25, 0.3) is 0 Å². The molecule has 0 spiro atoms. The Bertz CT molecular complexity index is 93.6. The van der Waals surface area contributed by atoms with Crippen molar-refractivity contribution in [2.24, 2.45) is 5.73 Å². The lowest BCUT2D eigenvalue weighted by Crippen LogP contribution is -2.49. The van der Waals surface area contributed by atoms with E-state index in [0.29, 0.717) is 6.42 Å². The van der Waals surface area contributed by atoms with Crippen molar-refractivity contribution in [3.8, 4) is 0 Å². The third kappa shape index (κ3) is 1.46. The first-order chi connectivity index (χ1) is 4.61. The molecule has 1 rings (SSSR count). The largest absolute Gasteiger partial charge is 0.388 e. The summed E-state index contributed by atoms with van der Waals surface area (Å²) >= 11 is 0. The number of nitrogens with two attached hydrogens (primary N) is 1. The number of hydrogen-bond donors (Lipinski definition) is 3. The van der Waals surface area contributed by atoms with Crippen molar-refractivity contribution in [1.29, 1.82) is 0 Å². The molecule has 1 aliphatic heterocycles. The molecule has 0 unspecified atom stereocenters. The zero-order chi connectivity index (χ0) is 7.72. The normalized spacial score (nSPS) is 49.2. The van der Waals surface area contributed by atoms with Gasteiger partial charge in [-0.1, -0.05) is 0 Å². The van der Waals surface area contributed by atoms with Gasteiger partial charge in [0.15, 0.2) is 6.29 Å². The fourth-order valence-electron chi connectivity index (χ4n) is 0.998. The second kappa shape index (κ2) is 2.84. The lowest BCUT2D eigenvalue weighted by molar-refractivity contribution is -0.216. The minimum Gasteiger partial charge on any atom is -0.388 e. The molecule has 1 heterocycles. The monoisotopic (exact) mass is 147 g/mol. The maximum absolute atomic E-state index is 9.01. The molecular formula is C6H13NO3. The first-order valence-corrected chi connectivity index (χ1v) is 3.38. The van der Waals surface area contributed by atoms with E-state index in [4.69, 9.17) is 20.7 Å². The zero-order valence-corrected chi connectivity index (χ0v) is 5.90.